The summed E-state index contributed by atoms with van der Waals surface area (Å²) in [6, 6.07) is 12.1. The molecule has 4 heterocycles. The van der Waals surface area contributed by atoms with E-state index < -0.39 is 5.41 Å². The van der Waals surface area contributed by atoms with Gasteiger partial charge >= 0.3 is 0 Å². The van der Waals surface area contributed by atoms with E-state index in [2.05, 4.69) is 28.1 Å². The van der Waals surface area contributed by atoms with Crippen LogP contribution < -0.4 is 15.4 Å². The highest BCUT2D eigenvalue weighted by Crippen LogP contribution is 2.46. The minimum atomic E-state index is -1.14. The van der Waals surface area contributed by atoms with Crippen molar-refractivity contribution in [3.63, 3.8) is 0 Å². The maximum atomic E-state index is 14.0. The Morgan fingerprint density at radius 3 is 2.57 bits per heavy atom. The molecule has 3 aromatic heterocycles. The van der Waals surface area contributed by atoms with Crippen LogP contribution in [0.3, 0.4) is 0 Å². The minimum absolute atomic E-state index is 0.0765. The predicted molar refractivity (Wildman–Crippen MR) is 180 cm³/mol. The first-order chi connectivity index (χ1) is 22.7. The average Bonchev–Trinajstić information content (AvgIpc) is 4.00. The Labute approximate surface area is 274 Å². The molecule has 7 rings (SSSR count). The van der Waals surface area contributed by atoms with Crippen LogP contribution >= 0.6 is 0 Å². The summed E-state index contributed by atoms with van der Waals surface area (Å²) in [7, 11) is 1.66. The third-order valence-corrected chi connectivity index (χ3v) is 9.76. The second kappa shape index (κ2) is 12.4. The number of carbonyl (C=O) groups is 2. The number of nitrogens with zero attached hydrogens (tertiary/aromatic N) is 5. The smallest absolute Gasteiger partial charge is 0.261 e. The zero-order chi connectivity index (χ0) is 32.9. The molecule has 4 aromatic rings. The molecule has 0 atom stereocenters. The lowest BCUT2D eigenvalue weighted by Crippen LogP contribution is -2.49. The predicted octanol–water partition coefficient (Wildman–Crippen LogP) is 5.42. The van der Waals surface area contributed by atoms with Crippen LogP contribution in [0.15, 0.2) is 64.3 Å². The zero-order valence-corrected chi connectivity index (χ0v) is 27.7. The largest absolute Gasteiger partial charge is 0.464 e. The molecule has 0 spiro atoms. The monoisotopic (exact) mass is 637 g/mol. The maximum absolute atomic E-state index is 14.0. The van der Waals surface area contributed by atoms with Gasteiger partial charge in [0.05, 0.1) is 35.3 Å². The van der Waals surface area contributed by atoms with Crippen molar-refractivity contribution in [1.29, 1.82) is 0 Å². The van der Waals surface area contributed by atoms with Gasteiger partial charge in [0.2, 0.25) is 11.8 Å². The molecular formula is C37H43N5O5. The standard InChI is InChI=1S/C37H43N5O5/c1-24-19-40(34(43)29-13-17-47-33(24)29)16-15-39(22-27-6-5-14-38-30(27)23-46-4)20-26-9-12-31-32(18-26)42(28-10-11-28)36(45)37(2,3)35(44)41(31)21-25-7-8-25/h5-6,9,12-14,17-19,25,28H,7-8,10-11,15-16,20-23H2,1-4H3. The number of anilines is 2. The lowest BCUT2D eigenvalue weighted by Gasteiger charge is -2.29. The number of benzene rings is 1. The Morgan fingerprint density at radius 1 is 1.02 bits per heavy atom. The summed E-state index contributed by atoms with van der Waals surface area (Å²) in [5.74, 6) is 0.239. The number of hydrogen-bond donors (Lipinski definition) is 0. The second-order valence-electron chi connectivity index (χ2n) is 13.9. The normalized spacial score (nSPS) is 17.9. The minimum Gasteiger partial charge on any atom is -0.464 e. The molecule has 246 valence electrons. The molecule has 0 saturated heterocycles. The molecule has 2 aliphatic carbocycles. The summed E-state index contributed by atoms with van der Waals surface area (Å²) in [6.07, 6.45) is 9.30. The van der Waals surface area contributed by atoms with Gasteiger partial charge in [-0.15, -0.1) is 0 Å². The van der Waals surface area contributed by atoms with Gasteiger partial charge in [0.1, 0.15) is 11.0 Å². The van der Waals surface area contributed by atoms with E-state index >= 15 is 0 Å². The molecule has 47 heavy (non-hydrogen) atoms. The Balaban J connectivity index is 1.24. The van der Waals surface area contributed by atoms with Crippen molar-refractivity contribution in [2.45, 2.75) is 78.7 Å². The first-order valence-electron chi connectivity index (χ1n) is 16.7. The summed E-state index contributed by atoms with van der Waals surface area (Å²) >= 11 is 0. The van der Waals surface area contributed by atoms with Crippen LogP contribution in [0, 0.1) is 18.3 Å². The number of methoxy groups -OCH3 is 1. The number of ether oxygens (including phenoxy) is 1. The Kier molecular flexibility index (Phi) is 8.26. The fourth-order valence-electron chi connectivity index (χ4n) is 6.77. The molecule has 10 nitrogen and oxygen atoms in total. The van der Waals surface area contributed by atoms with Crippen molar-refractivity contribution in [2.75, 3.05) is 30.0 Å². The van der Waals surface area contributed by atoms with E-state index in [1.807, 2.05) is 35.1 Å². The number of aryl methyl sites for hydroxylation is 1. The number of rotatable bonds is 12. The molecule has 0 unspecified atom stereocenters. The van der Waals surface area contributed by atoms with Crippen LogP contribution in [0.5, 0.6) is 0 Å². The van der Waals surface area contributed by atoms with E-state index in [4.69, 9.17) is 9.15 Å². The number of pyridine rings is 2. The third kappa shape index (κ3) is 6.12. The van der Waals surface area contributed by atoms with E-state index in [-0.39, 0.29) is 23.4 Å². The van der Waals surface area contributed by atoms with E-state index in [1.54, 1.807) is 44.1 Å². The Bertz CT molecular complexity index is 1890. The summed E-state index contributed by atoms with van der Waals surface area (Å²) in [6.45, 7) is 8.78. The van der Waals surface area contributed by atoms with Gasteiger partial charge in [-0.2, -0.15) is 0 Å². The maximum Gasteiger partial charge on any atom is 0.261 e. The number of aromatic nitrogens is 2. The number of amides is 2. The van der Waals surface area contributed by atoms with Gasteiger partial charge in [-0.25, -0.2) is 0 Å². The van der Waals surface area contributed by atoms with Gasteiger partial charge < -0.3 is 23.5 Å². The fourth-order valence-corrected chi connectivity index (χ4v) is 6.77. The van der Waals surface area contributed by atoms with Gasteiger partial charge in [-0.05, 0) is 87.8 Å². The van der Waals surface area contributed by atoms with Gasteiger partial charge in [0.15, 0.2) is 0 Å². The topological polar surface area (TPSA) is 101 Å². The molecule has 1 aromatic carbocycles. The van der Waals surface area contributed by atoms with Gasteiger partial charge in [-0.3, -0.25) is 24.3 Å². The lowest BCUT2D eigenvalue weighted by molar-refractivity contribution is -0.137. The highest BCUT2D eigenvalue weighted by Gasteiger charge is 2.50. The number of furan rings is 1. The molecular weight excluding hydrogens is 594 g/mol. The van der Waals surface area contributed by atoms with Crippen molar-refractivity contribution < 1.29 is 18.7 Å². The Morgan fingerprint density at radius 2 is 1.83 bits per heavy atom. The van der Waals surface area contributed by atoms with E-state index in [0.717, 1.165) is 59.4 Å². The van der Waals surface area contributed by atoms with Crippen LogP contribution in [-0.2, 0) is 40.6 Å². The van der Waals surface area contributed by atoms with Gasteiger partial charge in [0.25, 0.3) is 5.56 Å². The molecule has 0 radical (unpaired) electrons. The summed E-state index contributed by atoms with van der Waals surface area (Å²) in [5, 5.41) is 0.579. The van der Waals surface area contributed by atoms with E-state index in [1.165, 1.54) is 0 Å². The molecule has 0 bridgehead atoms. The number of carbonyl (C=O) groups excluding carboxylic acids is 2. The second-order valence-corrected chi connectivity index (χ2v) is 13.9. The number of fused-ring (bicyclic) bond motifs is 2. The summed E-state index contributed by atoms with van der Waals surface area (Å²) in [4.78, 5) is 51.9. The first-order valence-corrected chi connectivity index (χ1v) is 16.7. The van der Waals surface area contributed by atoms with Crippen molar-refractivity contribution in [1.82, 2.24) is 14.5 Å². The van der Waals surface area contributed by atoms with Crippen LogP contribution in [-0.4, -0.2) is 52.5 Å². The average molecular weight is 638 g/mol. The van der Waals surface area contributed by atoms with Crippen molar-refractivity contribution >= 4 is 34.2 Å². The summed E-state index contributed by atoms with van der Waals surface area (Å²) in [5.41, 5.74) is 4.93. The highest BCUT2D eigenvalue weighted by atomic mass is 16.5. The molecule has 1 aliphatic heterocycles. The molecule has 10 heteroatoms. The van der Waals surface area contributed by atoms with Crippen LogP contribution in [0.2, 0.25) is 0 Å². The van der Waals surface area contributed by atoms with E-state index in [0.29, 0.717) is 56.2 Å². The van der Waals surface area contributed by atoms with Crippen molar-refractivity contribution in [3.05, 3.63) is 87.8 Å². The number of hydrogen-bond acceptors (Lipinski definition) is 7. The Hall–Kier alpha value is -4.28. The van der Waals surface area contributed by atoms with Gasteiger partial charge in [0, 0.05) is 63.8 Å². The van der Waals surface area contributed by atoms with Crippen LogP contribution in [0.4, 0.5) is 11.4 Å². The highest BCUT2D eigenvalue weighted by molar-refractivity contribution is 6.20. The molecule has 2 fully saturated rings. The van der Waals surface area contributed by atoms with E-state index in [9.17, 15) is 14.4 Å². The van der Waals surface area contributed by atoms with Crippen molar-refractivity contribution in [3.8, 4) is 0 Å². The molecule has 2 amide bonds. The first kappa shape index (κ1) is 31.3. The third-order valence-electron chi connectivity index (χ3n) is 9.76. The van der Waals surface area contributed by atoms with Crippen LogP contribution in [0.25, 0.3) is 11.0 Å². The quantitative estimate of drug-likeness (QED) is 0.191. The molecule has 3 aliphatic rings. The lowest BCUT2D eigenvalue weighted by atomic mass is 9.90. The summed E-state index contributed by atoms with van der Waals surface area (Å²) < 4.78 is 12.8. The molecule has 2 saturated carbocycles. The SMILES string of the molecule is COCc1ncccc1CN(CCn1cc(C)c2occc2c1=O)Cc1ccc2c(c1)N(C1CC1)C(=O)C(C)(C)C(=O)N2CC1CC1. The van der Waals surface area contributed by atoms with Crippen LogP contribution in [0.1, 0.15) is 61.9 Å². The zero-order valence-electron chi connectivity index (χ0n) is 27.7. The molecule has 0 N–H and O–H groups in total. The van der Waals surface area contributed by atoms with Gasteiger partial charge in [-0.1, -0.05) is 12.1 Å². The fraction of sp³-hybridized carbons (Fsp3) is 0.459. The van der Waals surface area contributed by atoms with Crippen molar-refractivity contribution in [2.24, 2.45) is 11.3 Å².